The average molecular weight is 591 g/mol. The molecule has 0 saturated carbocycles. The number of ketones is 1. The van der Waals surface area contributed by atoms with Crippen LogP contribution >= 0.6 is 34.2 Å². The van der Waals surface area contributed by atoms with E-state index in [2.05, 4.69) is 4.98 Å². The Bertz CT molecular complexity index is 1060. The third-order valence-electron chi connectivity index (χ3n) is 4.72. The number of aromatic nitrogens is 2. The third kappa shape index (κ3) is 7.00. The summed E-state index contributed by atoms with van der Waals surface area (Å²) < 4.78 is 17.7. The van der Waals surface area contributed by atoms with Gasteiger partial charge in [-0.25, -0.2) is 9.78 Å². The van der Waals surface area contributed by atoms with Gasteiger partial charge in [0.15, 0.2) is 22.1 Å². The number of pyridine rings is 2. The van der Waals surface area contributed by atoms with Gasteiger partial charge in [-0.05, 0) is 41.0 Å². The van der Waals surface area contributed by atoms with Gasteiger partial charge in [0.05, 0.1) is 18.8 Å². The molecule has 2 aromatic heterocycles. The van der Waals surface area contributed by atoms with E-state index in [1.807, 2.05) is 43.4 Å². The fourth-order valence-corrected chi connectivity index (χ4v) is 4.26. The smallest absolute Gasteiger partial charge is 0.343 e. The predicted molar refractivity (Wildman–Crippen MR) is 133 cm³/mol. The van der Waals surface area contributed by atoms with Crippen molar-refractivity contribution in [1.29, 1.82) is 0 Å². The SMILES string of the molecule is CCOC(=O)c1cn([C@H](C(=O)c2cc(OCCCOC)c(Cl)nc2I)C(C)(C)C)ccc1=O. The number of hydrogen-bond acceptors (Lipinski definition) is 7. The van der Waals surface area contributed by atoms with E-state index in [1.165, 1.54) is 18.5 Å². The van der Waals surface area contributed by atoms with Crippen molar-refractivity contribution in [3.8, 4) is 5.75 Å². The summed E-state index contributed by atoms with van der Waals surface area (Å²) in [5.41, 5.74) is -0.842. The number of carbonyl (C=O) groups excluding carboxylic acids is 2. The molecule has 8 nitrogen and oxygen atoms in total. The van der Waals surface area contributed by atoms with E-state index in [-0.39, 0.29) is 23.1 Å². The van der Waals surface area contributed by atoms with Crippen LogP contribution in [0.5, 0.6) is 5.75 Å². The van der Waals surface area contributed by atoms with Crippen molar-refractivity contribution in [1.82, 2.24) is 9.55 Å². The van der Waals surface area contributed by atoms with E-state index in [4.69, 9.17) is 25.8 Å². The molecule has 0 saturated heterocycles. The molecule has 0 aromatic carbocycles. The lowest BCUT2D eigenvalue weighted by molar-refractivity contribution is 0.0521. The second kappa shape index (κ2) is 11.9. The number of carbonyl (C=O) groups is 2. The van der Waals surface area contributed by atoms with Gasteiger partial charge in [0.25, 0.3) is 0 Å². The lowest BCUT2D eigenvalue weighted by atomic mass is 9.82. The molecule has 1 atom stereocenters. The average Bonchev–Trinajstić information content (AvgIpc) is 2.72. The Balaban J connectivity index is 2.51. The Morgan fingerprint density at radius 1 is 1.24 bits per heavy atom. The maximum absolute atomic E-state index is 13.8. The van der Waals surface area contributed by atoms with Gasteiger partial charge in [0.2, 0.25) is 0 Å². The minimum Gasteiger partial charge on any atom is -0.490 e. The van der Waals surface area contributed by atoms with Gasteiger partial charge < -0.3 is 18.8 Å². The molecule has 0 aliphatic rings. The molecular weight excluding hydrogens is 563 g/mol. The van der Waals surface area contributed by atoms with E-state index in [1.54, 1.807) is 24.7 Å². The molecule has 0 aliphatic carbocycles. The molecule has 180 valence electrons. The molecule has 0 fully saturated rings. The highest BCUT2D eigenvalue weighted by Crippen LogP contribution is 2.36. The Morgan fingerprint density at radius 2 is 1.94 bits per heavy atom. The van der Waals surface area contributed by atoms with Crippen LogP contribution < -0.4 is 10.2 Å². The van der Waals surface area contributed by atoms with E-state index in [9.17, 15) is 14.4 Å². The molecule has 2 heterocycles. The molecule has 0 N–H and O–H groups in total. The summed E-state index contributed by atoms with van der Waals surface area (Å²) in [6.07, 6.45) is 3.52. The number of hydrogen-bond donors (Lipinski definition) is 0. The van der Waals surface area contributed by atoms with E-state index in [0.717, 1.165) is 0 Å². The first-order chi connectivity index (χ1) is 15.5. The van der Waals surface area contributed by atoms with Crippen LogP contribution in [0.15, 0.2) is 29.3 Å². The second-order valence-corrected chi connectivity index (χ2v) is 9.71. The second-order valence-electron chi connectivity index (χ2n) is 8.33. The number of halogens is 2. The molecule has 0 bridgehead atoms. The topological polar surface area (TPSA) is 96.7 Å². The zero-order chi connectivity index (χ0) is 24.8. The zero-order valence-electron chi connectivity index (χ0n) is 19.3. The van der Waals surface area contributed by atoms with Crippen LogP contribution in [0.2, 0.25) is 5.15 Å². The number of nitrogens with zero attached hydrogens (tertiary/aromatic N) is 2. The molecule has 0 unspecified atom stereocenters. The lowest BCUT2D eigenvalue weighted by Crippen LogP contribution is -2.33. The third-order valence-corrected chi connectivity index (χ3v) is 5.81. The monoisotopic (exact) mass is 590 g/mol. The molecule has 33 heavy (non-hydrogen) atoms. The summed E-state index contributed by atoms with van der Waals surface area (Å²) in [5.74, 6) is -0.681. The van der Waals surface area contributed by atoms with Crippen molar-refractivity contribution >= 4 is 45.9 Å². The van der Waals surface area contributed by atoms with Crippen LogP contribution in [0.1, 0.15) is 60.9 Å². The summed E-state index contributed by atoms with van der Waals surface area (Å²) in [4.78, 5) is 42.5. The first-order valence-electron chi connectivity index (χ1n) is 10.4. The number of esters is 1. The standard InChI is InChI=1S/C23H28ClIN2O6/c1-6-32-22(30)15-13-27(9-8-16(15)28)19(23(2,3)4)18(29)14-12-17(20(24)26-21(14)25)33-11-7-10-31-5/h8-9,12-13,19H,6-7,10-11H2,1-5H3/t19-/m1/s1. The predicted octanol–water partition coefficient (Wildman–Crippen LogP) is 4.56. The molecule has 0 aliphatic heterocycles. The number of Topliss-reactive ketones (excluding diaryl/α,β-unsaturated/α-hetero) is 1. The Kier molecular flexibility index (Phi) is 9.86. The molecule has 0 radical (unpaired) electrons. The molecule has 0 amide bonds. The highest BCUT2D eigenvalue weighted by molar-refractivity contribution is 14.1. The van der Waals surface area contributed by atoms with Crippen molar-refractivity contribution in [2.75, 3.05) is 26.9 Å². The zero-order valence-corrected chi connectivity index (χ0v) is 22.2. The Hall–Kier alpha value is -1.98. The first-order valence-corrected chi connectivity index (χ1v) is 11.9. The van der Waals surface area contributed by atoms with Crippen LogP contribution in [-0.2, 0) is 9.47 Å². The van der Waals surface area contributed by atoms with E-state index in [0.29, 0.717) is 34.6 Å². The highest BCUT2D eigenvalue weighted by atomic mass is 127. The molecule has 2 rings (SSSR count). The van der Waals surface area contributed by atoms with Gasteiger partial charge in [0.1, 0.15) is 15.3 Å². The molecule has 10 heteroatoms. The first kappa shape index (κ1) is 27.3. The minimum absolute atomic E-state index is 0.132. The largest absolute Gasteiger partial charge is 0.490 e. The van der Waals surface area contributed by atoms with Crippen LogP contribution in [-0.4, -0.2) is 48.2 Å². The fourth-order valence-electron chi connectivity index (χ4n) is 3.26. The summed E-state index contributed by atoms with van der Waals surface area (Å²) in [5, 5.41) is 0.161. The van der Waals surface area contributed by atoms with Crippen LogP contribution in [0, 0.1) is 9.12 Å². The summed E-state index contributed by atoms with van der Waals surface area (Å²) in [6.45, 7) is 8.38. The van der Waals surface area contributed by atoms with Crippen molar-refractivity contribution in [2.24, 2.45) is 5.41 Å². The van der Waals surface area contributed by atoms with Crippen LogP contribution in [0.4, 0.5) is 0 Å². The lowest BCUT2D eigenvalue weighted by Gasteiger charge is -2.32. The summed E-state index contributed by atoms with van der Waals surface area (Å²) in [7, 11) is 1.60. The van der Waals surface area contributed by atoms with E-state index < -0.39 is 22.9 Å². The maximum Gasteiger partial charge on any atom is 0.343 e. The van der Waals surface area contributed by atoms with E-state index >= 15 is 0 Å². The number of rotatable bonds is 10. The van der Waals surface area contributed by atoms with Gasteiger partial charge in [0, 0.05) is 38.6 Å². The minimum atomic E-state index is -0.746. The summed E-state index contributed by atoms with van der Waals surface area (Å²) in [6, 6.07) is 2.09. The Labute approximate surface area is 211 Å². The van der Waals surface area contributed by atoms with Crippen LogP contribution in [0.25, 0.3) is 0 Å². The fraction of sp³-hybridized carbons (Fsp3) is 0.478. The van der Waals surface area contributed by atoms with Crippen molar-refractivity contribution in [2.45, 2.75) is 40.2 Å². The Morgan fingerprint density at radius 3 is 2.55 bits per heavy atom. The summed E-state index contributed by atoms with van der Waals surface area (Å²) >= 11 is 8.19. The van der Waals surface area contributed by atoms with Crippen molar-refractivity contribution in [3.05, 3.63) is 54.7 Å². The molecule has 0 spiro atoms. The van der Waals surface area contributed by atoms with Crippen molar-refractivity contribution < 1.29 is 23.8 Å². The van der Waals surface area contributed by atoms with Gasteiger partial charge >= 0.3 is 5.97 Å². The van der Waals surface area contributed by atoms with Gasteiger partial charge in [-0.1, -0.05) is 32.4 Å². The molecular formula is C23H28ClIN2O6. The van der Waals surface area contributed by atoms with Gasteiger partial charge in [-0.3, -0.25) is 9.59 Å². The molecule has 2 aromatic rings. The number of methoxy groups -OCH3 is 1. The van der Waals surface area contributed by atoms with Gasteiger partial charge in [-0.15, -0.1) is 0 Å². The maximum atomic E-state index is 13.8. The highest BCUT2D eigenvalue weighted by Gasteiger charge is 2.35. The van der Waals surface area contributed by atoms with Crippen LogP contribution in [0.3, 0.4) is 0 Å². The normalized spacial score (nSPS) is 12.3. The van der Waals surface area contributed by atoms with Crippen molar-refractivity contribution in [3.63, 3.8) is 0 Å². The number of ether oxygens (including phenoxy) is 3. The quantitative estimate of drug-likeness (QED) is 0.132. The van der Waals surface area contributed by atoms with Gasteiger partial charge in [-0.2, -0.15) is 0 Å².